The Morgan fingerprint density at radius 1 is 1.00 bits per heavy atom. The maximum Gasteiger partial charge on any atom is 0.170 e. The molecule has 1 aromatic carbocycles. The zero-order valence-corrected chi connectivity index (χ0v) is 14.4. The molecule has 4 N–H and O–H groups in total. The van der Waals surface area contributed by atoms with Crippen LogP contribution in [0, 0.1) is 0 Å². The molecule has 0 aliphatic carbocycles. The van der Waals surface area contributed by atoms with Crippen LogP contribution in [0.1, 0.15) is 5.56 Å². The Bertz CT molecular complexity index is 1120. The number of aromatic nitrogens is 3. The Balaban J connectivity index is 1.46. The average molecular weight is 355 g/mol. The topological polar surface area (TPSA) is 92.0 Å². The smallest absolute Gasteiger partial charge is 0.170 e. The van der Waals surface area contributed by atoms with Gasteiger partial charge in [0.05, 0.1) is 23.4 Å². The molecule has 0 amide bonds. The van der Waals surface area contributed by atoms with Gasteiger partial charge in [-0.05, 0) is 48.0 Å². The number of hydrogen-bond donors (Lipinski definition) is 3. The monoisotopic (exact) mass is 355 g/mol. The summed E-state index contributed by atoms with van der Waals surface area (Å²) in [6, 6.07) is 18.0. The van der Waals surface area contributed by atoms with Gasteiger partial charge >= 0.3 is 0 Å². The van der Waals surface area contributed by atoms with E-state index in [1.807, 2.05) is 41.5 Å². The first-order chi connectivity index (χ1) is 13.3. The largest absolute Gasteiger partial charge is 0.384 e. The Hall–Kier alpha value is -3.71. The van der Waals surface area contributed by atoms with Gasteiger partial charge in [-0.15, -0.1) is 5.53 Å². The number of hydrogen-bond acceptors (Lipinski definition) is 7. The fraction of sp³-hybridized carbons (Fsp3) is 0.0500. The molecule has 27 heavy (non-hydrogen) atoms. The second-order valence-electron chi connectivity index (χ2n) is 6.39. The van der Waals surface area contributed by atoms with E-state index in [2.05, 4.69) is 39.1 Å². The van der Waals surface area contributed by atoms with Gasteiger partial charge in [0.25, 0.3) is 0 Å². The van der Waals surface area contributed by atoms with Gasteiger partial charge in [0.15, 0.2) is 5.82 Å². The molecule has 0 saturated carbocycles. The van der Waals surface area contributed by atoms with Gasteiger partial charge in [-0.1, -0.05) is 12.1 Å². The van der Waals surface area contributed by atoms with Crippen LogP contribution < -0.4 is 21.7 Å². The number of pyridine rings is 3. The fourth-order valence-corrected chi connectivity index (χ4v) is 3.17. The van der Waals surface area contributed by atoms with E-state index in [0.29, 0.717) is 12.4 Å². The Labute approximate surface area is 155 Å². The van der Waals surface area contributed by atoms with Crippen molar-refractivity contribution >= 4 is 28.2 Å². The van der Waals surface area contributed by atoms with Crippen LogP contribution in [0.15, 0.2) is 67.0 Å². The maximum atomic E-state index is 5.68. The van der Waals surface area contributed by atoms with Gasteiger partial charge in [0.2, 0.25) is 0 Å². The van der Waals surface area contributed by atoms with Gasteiger partial charge in [-0.3, -0.25) is 9.99 Å². The summed E-state index contributed by atoms with van der Waals surface area (Å²) in [6.45, 7) is 0.668. The Morgan fingerprint density at radius 3 is 2.85 bits per heavy atom. The molecule has 7 heteroatoms. The van der Waals surface area contributed by atoms with Crippen molar-refractivity contribution < 1.29 is 0 Å². The van der Waals surface area contributed by atoms with Gasteiger partial charge < -0.3 is 11.2 Å². The molecule has 0 atom stereocenters. The summed E-state index contributed by atoms with van der Waals surface area (Å²) in [5, 5.41) is 3.11. The van der Waals surface area contributed by atoms with E-state index < -0.39 is 0 Å². The number of nitrogens with one attached hydrogen (secondary N) is 2. The third-order valence-corrected chi connectivity index (χ3v) is 4.55. The van der Waals surface area contributed by atoms with Gasteiger partial charge in [0, 0.05) is 23.3 Å². The van der Waals surface area contributed by atoms with Crippen molar-refractivity contribution in [3.05, 3.63) is 72.6 Å². The summed E-state index contributed by atoms with van der Waals surface area (Å²) < 4.78 is 0. The predicted octanol–water partition coefficient (Wildman–Crippen LogP) is 3.13. The van der Waals surface area contributed by atoms with Crippen LogP contribution in [0.5, 0.6) is 0 Å². The van der Waals surface area contributed by atoms with Gasteiger partial charge in [-0.25, -0.2) is 9.97 Å². The fourth-order valence-electron chi connectivity index (χ4n) is 3.17. The van der Waals surface area contributed by atoms with E-state index in [4.69, 9.17) is 10.7 Å². The number of nitrogen functional groups attached to an aromatic ring is 1. The second-order valence-corrected chi connectivity index (χ2v) is 6.39. The molecule has 5 rings (SSSR count). The molecule has 4 aromatic rings. The van der Waals surface area contributed by atoms with Crippen LogP contribution in [0.3, 0.4) is 0 Å². The number of rotatable bonds is 3. The van der Waals surface area contributed by atoms with Crippen molar-refractivity contribution in [2.24, 2.45) is 0 Å². The Morgan fingerprint density at radius 2 is 1.96 bits per heavy atom. The molecule has 132 valence electrons. The number of nitrogens with two attached hydrogens (primary N) is 1. The zero-order valence-electron chi connectivity index (χ0n) is 14.4. The summed E-state index contributed by atoms with van der Waals surface area (Å²) in [6.07, 6.45) is 3.54. The van der Waals surface area contributed by atoms with E-state index in [1.165, 1.54) is 5.56 Å². The first-order valence-corrected chi connectivity index (χ1v) is 8.62. The molecule has 7 nitrogen and oxygen atoms in total. The van der Waals surface area contributed by atoms with Gasteiger partial charge in [-0.2, -0.15) is 0 Å². The van der Waals surface area contributed by atoms with Crippen molar-refractivity contribution in [1.82, 2.24) is 20.5 Å². The number of benzene rings is 1. The molecule has 1 aliphatic rings. The van der Waals surface area contributed by atoms with Crippen molar-refractivity contribution in [3.8, 4) is 11.3 Å². The SMILES string of the molecule is Nc1ccc(-c2ccc3c(n2)N(Cc2ccc4ncccc4c2)NN3)cn1. The summed E-state index contributed by atoms with van der Waals surface area (Å²) in [4.78, 5) is 13.3. The standard InChI is InChI=1S/C20H17N7/c21-19-8-4-15(11-23-19)17-6-7-18-20(24-17)27(26-25-18)12-13-3-5-16-14(10-13)2-1-9-22-16/h1-11,25-26H,12H2,(H2,21,23). The van der Waals surface area contributed by atoms with E-state index in [0.717, 1.165) is 33.7 Å². The van der Waals surface area contributed by atoms with Crippen molar-refractivity contribution in [1.29, 1.82) is 0 Å². The third-order valence-electron chi connectivity index (χ3n) is 4.55. The van der Waals surface area contributed by atoms with Crippen LogP contribution in [0.4, 0.5) is 17.3 Å². The normalized spacial score (nSPS) is 12.8. The maximum absolute atomic E-state index is 5.68. The molecule has 0 spiro atoms. The van der Waals surface area contributed by atoms with Crippen LogP contribution in [-0.2, 0) is 6.54 Å². The summed E-state index contributed by atoms with van der Waals surface area (Å²) >= 11 is 0. The molecular formula is C20H17N7. The van der Waals surface area contributed by atoms with E-state index in [9.17, 15) is 0 Å². The first kappa shape index (κ1) is 15.5. The molecule has 0 fully saturated rings. The minimum Gasteiger partial charge on any atom is -0.384 e. The lowest BCUT2D eigenvalue weighted by atomic mass is 10.1. The summed E-state index contributed by atoms with van der Waals surface area (Å²) in [7, 11) is 0. The van der Waals surface area contributed by atoms with Crippen molar-refractivity contribution in [3.63, 3.8) is 0 Å². The van der Waals surface area contributed by atoms with E-state index in [1.54, 1.807) is 12.3 Å². The van der Waals surface area contributed by atoms with Gasteiger partial charge in [0.1, 0.15) is 5.82 Å². The molecule has 4 heterocycles. The van der Waals surface area contributed by atoms with E-state index >= 15 is 0 Å². The van der Waals surface area contributed by atoms with Crippen LogP contribution in [0.2, 0.25) is 0 Å². The molecule has 3 aromatic heterocycles. The van der Waals surface area contributed by atoms with Crippen LogP contribution >= 0.6 is 0 Å². The molecule has 0 saturated heterocycles. The van der Waals surface area contributed by atoms with Crippen LogP contribution in [0.25, 0.3) is 22.2 Å². The number of nitrogens with zero attached hydrogens (tertiary/aromatic N) is 4. The minimum absolute atomic E-state index is 0.496. The lowest BCUT2D eigenvalue weighted by molar-refractivity contribution is 0.718. The lowest BCUT2D eigenvalue weighted by Crippen LogP contribution is -2.35. The minimum atomic E-state index is 0.496. The Kier molecular flexibility index (Phi) is 3.58. The van der Waals surface area contributed by atoms with Crippen molar-refractivity contribution in [2.45, 2.75) is 6.54 Å². The first-order valence-electron chi connectivity index (χ1n) is 8.62. The summed E-state index contributed by atoms with van der Waals surface area (Å²) in [5.74, 6) is 1.34. The molecule has 0 bridgehead atoms. The highest BCUT2D eigenvalue weighted by atomic mass is 15.7. The molecule has 1 aliphatic heterocycles. The predicted molar refractivity (Wildman–Crippen MR) is 107 cm³/mol. The molecular weight excluding hydrogens is 338 g/mol. The lowest BCUT2D eigenvalue weighted by Gasteiger charge is -2.17. The number of anilines is 3. The third kappa shape index (κ3) is 2.90. The highest BCUT2D eigenvalue weighted by molar-refractivity contribution is 5.79. The summed E-state index contributed by atoms with van der Waals surface area (Å²) in [5.41, 5.74) is 16.9. The second kappa shape index (κ2) is 6.22. The van der Waals surface area contributed by atoms with Crippen molar-refractivity contribution in [2.75, 3.05) is 16.2 Å². The average Bonchev–Trinajstić information content (AvgIpc) is 3.10. The molecule has 0 unspecified atom stereocenters. The zero-order chi connectivity index (χ0) is 18.2. The quantitative estimate of drug-likeness (QED) is 0.520. The highest BCUT2D eigenvalue weighted by Crippen LogP contribution is 2.31. The number of fused-ring (bicyclic) bond motifs is 2. The van der Waals surface area contributed by atoms with Crippen LogP contribution in [-0.4, -0.2) is 15.0 Å². The van der Waals surface area contributed by atoms with E-state index in [-0.39, 0.29) is 0 Å². The number of hydrazine groups is 2. The highest BCUT2D eigenvalue weighted by Gasteiger charge is 2.21. The molecule has 0 radical (unpaired) electrons.